The summed E-state index contributed by atoms with van der Waals surface area (Å²) in [4.78, 5) is 0. The molecule has 0 bridgehead atoms. The average Bonchev–Trinajstić information content (AvgIpc) is 2.96. The van der Waals surface area contributed by atoms with Crippen LogP contribution in [0.4, 0.5) is 0 Å². The van der Waals surface area contributed by atoms with Gasteiger partial charge < -0.3 is 15.2 Å². The minimum absolute atomic E-state index is 0.353. The number of nitrogens with one attached hydrogen (secondary N) is 1. The molecule has 2 saturated carbocycles. The fourth-order valence-electron chi connectivity index (χ4n) is 2.89. The van der Waals surface area contributed by atoms with E-state index in [2.05, 4.69) is 19.2 Å². The first-order valence-corrected chi connectivity index (χ1v) is 7.58. The van der Waals surface area contributed by atoms with Crippen molar-refractivity contribution in [2.45, 2.75) is 64.6 Å². The minimum Gasteiger partial charge on any atom is -0.389 e. The Labute approximate surface area is 111 Å². The summed E-state index contributed by atoms with van der Waals surface area (Å²) in [7, 11) is 0. The quantitative estimate of drug-likeness (QED) is 0.733. The molecule has 106 valence electrons. The lowest BCUT2D eigenvalue weighted by Crippen LogP contribution is -2.33. The van der Waals surface area contributed by atoms with Crippen LogP contribution in [-0.2, 0) is 4.74 Å². The Morgan fingerprint density at radius 1 is 1.28 bits per heavy atom. The van der Waals surface area contributed by atoms with Gasteiger partial charge in [0.25, 0.3) is 0 Å². The van der Waals surface area contributed by atoms with Crippen LogP contribution < -0.4 is 5.32 Å². The third-order valence-electron chi connectivity index (χ3n) is 4.56. The van der Waals surface area contributed by atoms with Crippen LogP contribution >= 0.6 is 0 Å². The van der Waals surface area contributed by atoms with Crippen LogP contribution in [0, 0.1) is 11.3 Å². The molecule has 2 rings (SSSR count). The Bertz CT molecular complexity index is 249. The van der Waals surface area contributed by atoms with Gasteiger partial charge >= 0.3 is 0 Å². The van der Waals surface area contributed by atoms with E-state index >= 15 is 0 Å². The number of hydrogen-bond donors (Lipinski definition) is 2. The number of aliphatic hydroxyl groups excluding tert-OH is 1. The second-order valence-electron chi connectivity index (χ2n) is 6.80. The molecule has 0 spiro atoms. The molecule has 0 saturated heterocycles. The van der Waals surface area contributed by atoms with E-state index in [1.165, 1.54) is 38.5 Å². The fraction of sp³-hybridized carbons (Fsp3) is 1.00. The van der Waals surface area contributed by atoms with Gasteiger partial charge in [0.05, 0.1) is 18.8 Å². The van der Waals surface area contributed by atoms with Gasteiger partial charge in [-0.25, -0.2) is 0 Å². The van der Waals surface area contributed by atoms with Gasteiger partial charge in [0.2, 0.25) is 0 Å². The molecule has 0 aromatic carbocycles. The van der Waals surface area contributed by atoms with Crippen molar-refractivity contribution in [2.75, 3.05) is 19.7 Å². The summed E-state index contributed by atoms with van der Waals surface area (Å²) in [5.74, 6) is 0.795. The first-order valence-electron chi connectivity index (χ1n) is 7.58. The van der Waals surface area contributed by atoms with Gasteiger partial charge in [-0.3, -0.25) is 0 Å². The van der Waals surface area contributed by atoms with Crippen LogP contribution in [0.3, 0.4) is 0 Å². The summed E-state index contributed by atoms with van der Waals surface area (Å²) in [5.41, 5.74) is 0.524. The molecular formula is C15H29NO2. The van der Waals surface area contributed by atoms with E-state index in [0.717, 1.165) is 12.5 Å². The van der Waals surface area contributed by atoms with Crippen molar-refractivity contribution in [1.82, 2.24) is 5.32 Å². The maximum atomic E-state index is 9.86. The van der Waals surface area contributed by atoms with E-state index in [1.807, 2.05) is 0 Å². The molecule has 2 aliphatic carbocycles. The lowest BCUT2D eigenvalue weighted by atomic mass is 9.98. The van der Waals surface area contributed by atoms with Crippen LogP contribution in [0.15, 0.2) is 0 Å². The molecule has 0 radical (unpaired) electrons. The summed E-state index contributed by atoms with van der Waals surface area (Å²) in [6.07, 6.45) is 7.64. The summed E-state index contributed by atoms with van der Waals surface area (Å²) in [6, 6.07) is 0. The number of ether oxygens (including phenoxy) is 1. The molecular weight excluding hydrogens is 226 g/mol. The summed E-state index contributed by atoms with van der Waals surface area (Å²) in [6.45, 7) is 6.81. The van der Waals surface area contributed by atoms with E-state index in [4.69, 9.17) is 4.74 Å². The summed E-state index contributed by atoms with van der Waals surface area (Å²) < 4.78 is 5.77. The number of rotatable bonds is 7. The third kappa shape index (κ3) is 4.52. The van der Waals surface area contributed by atoms with Crippen LogP contribution in [0.2, 0.25) is 0 Å². The second-order valence-corrected chi connectivity index (χ2v) is 6.80. The second kappa shape index (κ2) is 6.36. The van der Waals surface area contributed by atoms with Gasteiger partial charge in [-0.1, -0.05) is 33.1 Å². The molecule has 0 aromatic rings. The zero-order valence-electron chi connectivity index (χ0n) is 12.0. The molecule has 3 heteroatoms. The Hall–Kier alpha value is -0.120. The van der Waals surface area contributed by atoms with Crippen molar-refractivity contribution in [1.29, 1.82) is 0 Å². The highest BCUT2D eigenvalue weighted by Crippen LogP contribution is 2.50. The van der Waals surface area contributed by atoms with Crippen molar-refractivity contribution in [3.05, 3.63) is 0 Å². The number of aliphatic hydroxyl groups is 1. The smallest absolute Gasteiger partial charge is 0.0897 e. The zero-order valence-corrected chi connectivity index (χ0v) is 12.0. The summed E-state index contributed by atoms with van der Waals surface area (Å²) >= 11 is 0. The van der Waals surface area contributed by atoms with Crippen molar-refractivity contribution in [3.8, 4) is 0 Å². The predicted molar refractivity (Wildman–Crippen MR) is 73.6 cm³/mol. The highest BCUT2D eigenvalue weighted by atomic mass is 16.5. The van der Waals surface area contributed by atoms with E-state index in [-0.39, 0.29) is 6.10 Å². The van der Waals surface area contributed by atoms with E-state index in [1.54, 1.807) is 0 Å². The molecule has 2 aliphatic rings. The Balaban J connectivity index is 1.48. The van der Waals surface area contributed by atoms with Crippen molar-refractivity contribution >= 4 is 0 Å². The van der Waals surface area contributed by atoms with Crippen molar-refractivity contribution in [2.24, 2.45) is 11.3 Å². The van der Waals surface area contributed by atoms with Crippen LogP contribution in [0.5, 0.6) is 0 Å². The molecule has 2 N–H and O–H groups in total. The molecule has 0 heterocycles. The highest BCUT2D eigenvalue weighted by Gasteiger charge is 2.44. The highest BCUT2D eigenvalue weighted by molar-refractivity contribution is 4.96. The maximum Gasteiger partial charge on any atom is 0.0897 e. The van der Waals surface area contributed by atoms with Crippen LogP contribution in [0.1, 0.15) is 52.4 Å². The van der Waals surface area contributed by atoms with Gasteiger partial charge in [-0.15, -0.1) is 0 Å². The maximum absolute atomic E-state index is 9.86. The van der Waals surface area contributed by atoms with Crippen LogP contribution in [0.25, 0.3) is 0 Å². The van der Waals surface area contributed by atoms with E-state index in [9.17, 15) is 5.11 Å². The van der Waals surface area contributed by atoms with Gasteiger partial charge in [0.15, 0.2) is 0 Å². The monoisotopic (exact) mass is 255 g/mol. The van der Waals surface area contributed by atoms with Gasteiger partial charge in [0.1, 0.15) is 0 Å². The standard InChI is InChI=1S/C15H29NO2/c1-15(2)8-12(15)9-16-10-13(17)11-18-14-6-4-3-5-7-14/h12-14,16-17H,3-11H2,1-2H3. The molecule has 0 aromatic heterocycles. The van der Waals surface area contributed by atoms with Crippen LogP contribution in [-0.4, -0.2) is 37.0 Å². The van der Waals surface area contributed by atoms with Gasteiger partial charge in [0, 0.05) is 6.54 Å². The van der Waals surface area contributed by atoms with Crippen molar-refractivity contribution in [3.63, 3.8) is 0 Å². The van der Waals surface area contributed by atoms with Gasteiger partial charge in [-0.2, -0.15) is 0 Å². The predicted octanol–water partition coefficient (Wildman–Crippen LogP) is 2.33. The first kappa shape index (κ1) is 14.3. The van der Waals surface area contributed by atoms with E-state index < -0.39 is 0 Å². The first-order chi connectivity index (χ1) is 8.58. The molecule has 3 nitrogen and oxygen atoms in total. The van der Waals surface area contributed by atoms with Crippen molar-refractivity contribution < 1.29 is 9.84 Å². The third-order valence-corrected chi connectivity index (χ3v) is 4.56. The number of hydrogen-bond acceptors (Lipinski definition) is 3. The normalized spacial score (nSPS) is 29.2. The summed E-state index contributed by atoms with van der Waals surface area (Å²) in [5, 5.41) is 13.2. The van der Waals surface area contributed by atoms with E-state index in [0.29, 0.717) is 24.7 Å². The molecule has 2 unspecified atom stereocenters. The van der Waals surface area contributed by atoms with Gasteiger partial charge in [-0.05, 0) is 37.1 Å². The zero-order chi connectivity index (χ0) is 13.0. The Kier molecular flexibility index (Phi) is 5.05. The largest absolute Gasteiger partial charge is 0.389 e. The molecule has 0 aliphatic heterocycles. The topological polar surface area (TPSA) is 41.5 Å². The molecule has 0 amide bonds. The fourth-order valence-corrected chi connectivity index (χ4v) is 2.89. The minimum atomic E-state index is -0.353. The molecule has 18 heavy (non-hydrogen) atoms. The Morgan fingerprint density at radius 2 is 1.94 bits per heavy atom. The molecule has 2 fully saturated rings. The SMILES string of the molecule is CC1(C)CC1CNCC(O)COC1CCCCC1. The lowest BCUT2D eigenvalue weighted by molar-refractivity contribution is -0.0230. The lowest BCUT2D eigenvalue weighted by Gasteiger charge is -2.23. The molecule has 2 atom stereocenters. The average molecular weight is 255 g/mol. The Morgan fingerprint density at radius 3 is 2.56 bits per heavy atom.